The highest BCUT2D eigenvalue weighted by atomic mass is 16.5. The summed E-state index contributed by atoms with van der Waals surface area (Å²) in [5, 5.41) is 6.99. The summed E-state index contributed by atoms with van der Waals surface area (Å²) in [6.07, 6.45) is 4.52. The quantitative estimate of drug-likeness (QED) is 0.475. The van der Waals surface area contributed by atoms with Gasteiger partial charge in [-0.3, -0.25) is 4.99 Å². The molecule has 1 fully saturated rings. The molecule has 0 saturated carbocycles. The Morgan fingerprint density at radius 1 is 1.32 bits per heavy atom. The number of rotatable bonds is 9. The lowest BCUT2D eigenvalue weighted by Gasteiger charge is -2.35. The number of aliphatic imine (C=N–C) groups is 1. The van der Waals surface area contributed by atoms with E-state index < -0.39 is 0 Å². The normalized spacial score (nSPS) is 19.8. The van der Waals surface area contributed by atoms with Crippen molar-refractivity contribution in [2.24, 2.45) is 10.7 Å². The molecule has 0 bridgehead atoms. The van der Waals surface area contributed by atoms with Gasteiger partial charge in [0.2, 0.25) is 0 Å². The number of ether oxygens (including phenoxy) is 1. The van der Waals surface area contributed by atoms with Gasteiger partial charge in [-0.2, -0.15) is 0 Å². The molecule has 5 heteroatoms. The van der Waals surface area contributed by atoms with Crippen molar-refractivity contribution in [1.29, 1.82) is 0 Å². The van der Waals surface area contributed by atoms with Crippen LogP contribution in [0.3, 0.4) is 0 Å². The predicted octanol–water partition coefficient (Wildman–Crippen LogP) is 2.98. The Labute approximate surface area is 152 Å². The second-order valence-corrected chi connectivity index (χ2v) is 6.98. The summed E-state index contributed by atoms with van der Waals surface area (Å²) in [6.45, 7) is 8.90. The lowest BCUT2D eigenvalue weighted by Crippen LogP contribution is -2.49. The first-order valence-corrected chi connectivity index (χ1v) is 9.56. The molecule has 0 aliphatic carbocycles. The lowest BCUT2D eigenvalue weighted by molar-refractivity contribution is 0.114. The molecule has 0 amide bonds. The summed E-state index contributed by atoms with van der Waals surface area (Å²) < 4.78 is 5.61. The Kier molecular flexibility index (Phi) is 7.72. The molecule has 5 nitrogen and oxygen atoms in total. The van der Waals surface area contributed by atoms with E-state index in [1.807, 2.05) is 6.07 Å². The van der Waals surface area contributed by atoms with Crippen LogP contribution in [-0.2, 0) is 4.74 Å². The summed E-state index contributed by atoms with van der Waals surface area (Å²) >= 11 is 0. The Hall–Kier alpha value is -1.59. The highest BCUT2D eigenvalue weighted by molar-refractivity contribution is 5.77. The first kappa shape index (κ1) is 19.7. The molecule has 1 aliphatic heterocycles. The average molecular weight is 347 g/mol. The number of benzene rings is 1. The molecule has 1 saturated heterocycles. The second kappa shape index (κ2) is 9.78. The van der Waals surface area contributed by atoms with Crippen LogP contribution in [0.4, 0.5) is 0 Å². The Balaban J connectivity index is 1.92. The highest BCUT2D eigenvalue weighted by Crippen LogP contribution is 2.22. The van der Waals surface area contributed by atoms with Crippen molar-refractivity contribution in [2.45, 2.75) is 64.1 Å². The molecular weight excluding hydrogens is 312 g/mol. The number of hydrogen-bond donors (Lipinski definition) is 3. The third kappa shape index (κ3) is 6.01. The minimum atomic E-state index is -0.0502. The molecule has 0 radical (unpaired) electrons. The zero-order valence-electron chi connectivity index (χ0n) is 15.9. The van der Waals surface area contributed by atoms with Crippen LogP contribution >= 0.6 is 0 Å². The van der Waals surface area contributed by atoms with E-state index in [4.69, 9.17) is 10.5 Å². The summed E-state index contributed by atoms with van der Waals surface area (Å²) in [5.74, 6) is 0.510. The molecule has 1 aromatic carbocycles. The van der Waals surface area contributed by atoms with Gasteiger partial charge in [0, 0.05) is 24.7 Å². The molecule has 1 aliphatic rings. The Morgan fingerprint density at radius 2 is 2.04 bits per heavy atom. The Morgan fingerprint density at radius 3 is 2.64 bits per heavy atom. The molecule has 140 valence electrons. The van der Waals surface area contributed by atoms with Crippen molar-refractivity contribution in [3.05, 3.63) is 35.9 Å². The third-order valence-electron chi connectivity index (χ3n) is 5.26. The number of nitrogens with zero attached hydrogens (tertiary/aromatic N) is 1. The van der Waals surface area contributed by atoms with Gasteiger partial charge in [-0.25, -0.2) is 0 Å². The van der Waals surface area contributed by atoms with Gasteiger partial charge in [0.15, 0.2) is 5.96 Å². The zero-order valence-corrected chi connectivity index (χ0v) is 15.9. The summed E-state index contributed by atoms with van der Waals surface area (Å²) in [5.41, 5.74) is 7.31. The first-order chi connectivity index (χ1) is 12.1. The minimum Gasteiger partial charge on any atom is -0.376 e. The maximum absolute atomic E-state index is 6.07. The van der Waals surface area contributed by atoms with E-state index in [1.165, 1.54) is 5.56 Å². The predicted molar refractivity (Wildman–Crippen MR) is 105 cm³/mol. The van der Waals surface area contributed by atoms with Gasteiger partial charge in [0.1, 0.15) is 0 Å². The van der Waals surface area contributed by atoms with Crippen molar-refractivity contribution >= 4 is 5.96 Å². The van der Waals surface area contributed by atoms with Crippen LogP contribution in [0.25, 0.3) is 0 Å². The van der Waals surface area contributed by atoms with E-state index in [0.29, 0.717) is 12.5 Å². The molecule has 2 rings (SSSR count). The number of nitrogens with two attached hydrogens (primary N) is 1. The van der Waals surface area contributed by atoms with Crippen LogP contribution in [0.5, 0.6) is 0 Å². The van der Waals surface area contributed by atoms with Gasteiger partial charge < -0.3 is 21.1 Å². The molecule has 25 heavy (non-hydrogen) atoms. The smallest absolute Gasteiger partial charge is 0.188 e. The number of nitrogens with one attached hydrogen (secondary N) is 2. The summed E-state index contributed by atoms with van der Waals surface area (Å²) in [7, 11) is 0. The lowest BCUT2D eigenvalue weighted by atomic mass is 9.91. The Bertz CT molecular complexity index is 522. The van der Waals surface area contributed by atoms with Crippen LogP contribution in [-0.4, -0.2) is 37.3 Å². The van der Waals surface area contributed by atoms with Crippen molar-refractivity contribution in [1.82, 2.24) is 10.6 Å². The summed E-state index contributed by atoms with van der Waals surface area (Å²) in [6, 6.07) is 10.8. The van der Waals surface area contributed by atoms with E-state index in [0.717, 1.165) is 38.8 Å². The molecule has 2 unspecified atom stereocenters. The van der Waals surface area contributed by atoms with Gasteiger partial charge in [0.25, 0.3) is 0 Å². The van der Waals surface area contributed by atoms with Gasteiger partial charge in [0.05, 0.1) is 12.6 Å². The largest absolute Gasteiger partial charge is 0.376 e. The highest BCUT2D eigenvalue weighted by Gasteiger charge is 2.28. The minimum absolute atomic E-state index is 0.0502. The van der Waals surface area contributed by atoms with E-state index >= 15 is 0 Å². The fraction of sp³-hybridized carbons (Fsp3) is 0.650. The molecule has 0 spiro atoms. The number of hydrogen-bond acceptors (Lipinski definition) is 3. The molecule has 1 aromatic rings. The van der Waals surface area contributed by atoms with Crippen molar-refractivity contribution in [2.75, 3.05) is 19.7 Å². The zero-order chi connectivity index (χ0) is 18.1. The summed E-state index contributed by atoms with van der Waals surface area (Å²) in [4.78, 5) is 4.61. The van der Waals surface area contributed by atoms with Gasteiger partial charge in [-0.05, 0) is 38.2 Å². The van der Waals surface area contributed by atoms with Crippen molar-refractivity contribution < 1.29 is 4.74 Å². The third-order valence-corrected chi connectivity index (χ3v) is 5.26. The van der Waals surface area contributed by atoms with Gasteiger partial charge in [-0.15, -0.1) is 0 Å². The van der Waals surface area contributed by atoms with E-state index in [-0.39, 0.29) is 17.7 Å². The van der Waals surface area contributed by atoms with Crippen LogP contribution in [0, 0.1) is 0 Å². The maximum Gasteiger partial charge on any atom is 0.188 e. The van der Waals surface area contributed by atoms with Crippen LogP contribution in [0.2, 0.25) is 0 Å². The number of guanidine groups is 1. The maximum atomic E-state index is 6.07. The van der Waals surface area contributed by atoms with E-state index in [1.54, 1.807) is 0 Å². The average Bonchev–Trinajstić information content (AvgIpc) is 3.17. The monoisotopic (exact) mass is 346 g/mol. The molecular formula is C20H34N4O. The molecule has 4 N–H and O–H groups in total. The van der Waals surface area contributed by atoms with Crippen molar-refractivity contribution in [3.8, 4) is 0 Å². The topological polar surface area (TPSA) is 71.7 Å². The second-order valence-electron chi connectivity index (χ2n) is 6.98. The van der Waals surface area contributed by atoms with Gasteiger partial charge in [-0.1, -0.05) is 44.2 Å². The first-order valence-electron chi connectivity index (χ1n) is 9.56. The van der Waals surface area contributed by atoms with E-state index in [2.05, 4.69) is 60.7 Å². The van der Waals surface area contributed by atoms with Crippen LogP contribution in [0.1, 0.15) is 58.1 Å². The fourth-order valence-corrected chi connectivity index (χ4v) is 3.32. The van der Waals surface area contributed by atoms with Gasteiger partial charge >= 0.3 is 0 Å². The van der Waals surface area contributed by atoms with Crippen LogP contribution in [0.15, 0.2) is 35.3 Å². The van der Waals surface area contributed by atoms with Crippen molar-refractivity contribution in [3.63, 3.8) is 0 Å². The van der Waals surface area contributed by atoms with Crippen LogP contribution < -0.4 is 16.4 Å². The fourth-order valence-electron chi connectivity index (χ4n) is 3.32. The molecule has 0 aromatic heterocycles. The SMILES string of the molecule is CCC(CC)(CN=C(N)NCC1CCCO1)NC(C)c1ccccc1. The molecule has 1 heterocycles. The standard InChI is InChI=1S/C20H34N4O/c1-4-20(5-2,24-16(3)17-10-7-6-8-11-17)15-23-19(21)22-14-18-12-9-13-25-18/h6-8,10-11,16,18,24H,4-5,9,12-15H2,1-3H3,(H3,21,22,23). The van der Waals surface area contributed by atoms with E-state index in [9.17, 15) is 0 Å². The molecule has 2 atom stereocenters.